The summed E-state index contributed by atoms with van der Waals surface area (Å²) >= 11 is 0. The fraction of sp³-hybridized carbons (Fsp3) is 0.500. The molecule has 1 aromatic rings. The quantitative estimate of drug-likeness (QED) is 0.861. The molecule has 2 N–H and O–H groups in total. The monoisotopic (exact) mass is 248 g/mol. The third-order valence-corrected chi connectivity index (χ3v) is 3.02. The van der Waals surface area contributed by atoms with Crippen molar-refractivity contribution in [1.82, 2.24) is 0 Å². The highest BCUT2D eigenvalue weighted by Gasteiger charge is 2.22. The van der Waals surface area contributed by atoms with E-state index in [2.05, 4.69) is 17.6 Å². The molecule has 0 spiro atoms. The molecule has 0 saturated heterocycles. The van der Waals surface area contributed by atoms with Gasteiger partial charge in [-0.25, -0.2) is 0 Å². The van der Waals surface area contributed by atoms with Crippen LogP contribution in [0.5, 0.6) is 5.75 Å². The molecule has 1 aliphatic heterocycles. The average Bonchev–Trinajstić information content (AvgIpc) is 2.49. The van der Waals surface area contributed by atoms with Crippen molar-refractivity contribution in [3.63, 3.8) is 0 Å². The van der Waals surface area contributed by atoms with Gasteiger partial charge in [0.2, 0.25) is 5.91 Å². The standard InChI is InChI=1S/C14H20N2O2/c1-3-6-10-9-13(17)16-14-11(15-10)7-5-8-12(14)18-4-2/h5,7-8,10,15H,3-4,6,9H2,1-2H3,(H,16,17). The maximum Gasteiger partial charge on any atom is 0.226 e. The zero-order chi connectivity index (χ0) is 13.0. The van der Waals surface area contributed by atoms with Crippen molar-refractivity contribution in [2.75, 3.05) is 17.2 Å². The highest BCUT2D eigenvalue weighted by atomic mass is 16.5. The predicted molar refractivity (Wildman–Crippen MR) is 73.2 cm³/mol. The highest BCUT2D eigenvalue weighted by Crippen LogP contribution is 2.35. The number of rotatable bonds is 4. The van der Waals surface area contributed by atoms with Crippen molar-refractivity contribution in [2.24, 2.45) is 0 Å². The lowest BCUT2D eigenvalue weighted by Gasteiger charge is -2.16. The van der Waals surface area contributed by atoms with E-state index in [9.17, 15) is 4.79 Å². The lowest BCUT2D eigenvalue weighted by Crippen LogP contribution is -2.22. The summed E-state index contributed by atoms with van der Waals surface area (Å²) in [5.74, 6) is 0.778. The van der Waals surface area contributed by atoms with Gasteiger partial charge in [0.25, 0.3) is 0 Å². The number of para-hydroxylation sites is 1. The van der Waals surface area contributed by atoms with Gasteiger partial charge < -0.3 is 15.4 Å². The minimum atomic E-state index is 0.0480. The van der Waals surface area contributed by atoms with Crippen LogP contribution < -0.4 is 15.4 Å². The molecule has 1 aromatic carbocycles. The van der Waals surface area contributed by atoms with E-state index in [1.807, 2.05) is 25.1 Å². The first kappa shape index (κ1) is 12.7. The van der Waals surface area contributed by atoms with E-state index >= 15 is 0 Å². The minimum absolute atomic E-state index is 0.0480. The van der Waals surface area contributed by atoms with Crippen LogP contribution in [0.15, 0.2) is 18.2 Å². The molecule has 1 heterocycles. The van der Waals surface area contributed by atoms with E-state index in [0.717, 1.165) is 30.0 Å². The molecule has 2 rings (SSSR count). The fourth-order valence-corrected chi connectivity index (χ4v) is 2.26. The molecule has 18 heavy (non-hydrogen) atoms. The molecule has 4 nitrogen and oxygen atoms in total. The Morgan fingerprint density at radius 3 is 2.94 bits per heavy atom. The summed E-state index contributed by atoms with van der Waals surface area (Å²) in [5, 5.41) is 6.36. The maximum absolute atomic E-state index is 11.9. The molecule has 1 amide bonds. The molecule has 0 fully saturated rings. The Morgan fingerprint density at radius 2 is 2.22 bits per heavy atom. The summed E-state index contributed by atoms with van der Waals surface area (Å²) in [6.07, 6.45) is 2.56. The number of hydrogen-bond donors (Lipinski definition) is 2. The van der Waals surface area contributed by atoms with Crippen molar-refractivity contribution in [3.05, 3.63) is 18.2 Å². The summed E-state index contributed by atoms with van der Waals surface area (Å²) in [4.78, 5) is 11.9. The van der Waals surface area contributed by atoms with E-state index in [-0.39, 0.29) is 11.9 Å². The lowest BCUT2D eigenvalue weighted by atomic mass is 10.1. The smallest absolute Gasteiger partial charge is 0.226 e. The van der Waals surface area contributed by atoms with Crippen molar-refractivity contribution < 1.29 is 9.53 Å². The number of carbonyl (C=O) groups is 1. The summed E-state index contributed by atoms with van der Waals surface area (Å²) < 4.78 is 5.55. The van der Waals surface area contributed by atoms with E-state index < -0.39 is 0 Å². The second kappa shape index (κ2) is 5.76. The van der Waals surface area contributed by atoms with Gasteiger partial charge in [-0.2, -0.15) is 0 Å². The Hall–Kier alpha value is -1.71. The normalized spacial score (nSPS) is 18.3. The Morgan fingerprint density at radius 1 is 1.39 bits per heavy atom. The topological polar surface area (TPSA) is 50.4 Å². The van der Waals surface area contributed by atoms with Crippen LogP contribution in [0.25, 0.3) is 0 Å². The van der Waals surface area contributed by atoms with Gasteiger partial charge in [-0.15, -0.1) is 0 Å². The first-order valence-electron chi connectivity index (χ1n) is 6.56. The third kappa shape index (κ3) is 2.75. The lowest BCUT2D eigenvalue weighted by molar-refractivity contribution is -0.116. The Bertz CT molecular complexity index is 432. The van der Waals surface area contributed by atoms with E-state index in [1.165, 1.54) is 0 Å². The zero-order valence-corrected chi connectivity index (χ0v) is 11.0. The molecule has 1 atom stereocenters. The molecular formula is C14H20N2O2. The van der Waals surface area contributed by atoms with Crippen LogP contribution in [0.1, 0.15) is 33.1 Å². The molecule has 0 aromatic heterocycles. The zero-order valence-electron chi connectivity index (χ0n) is 11.0. The van der Waals surface area contributed by atoms with Gasteiger partial charge in [-0.1, -0.05) is 19.4 Å². The van der Waals surface area contributed by atoms with Crippen LogP contribution in [-0.2, 0) is 4.79 Å². The largest absolute Gasteiger partial charge is 0.492 e. The van der Waals surface area contributed by atoms with Gasteiger partial charge in [0.05, 0.1) is 12.3 Å². The van der Waals surface area contributed by atoms with Gasteiger partial charge in [-0.05, 0) is 25.5 Å². The number of anilines is 2. The van der Waals surface area contributed by atoms with Crippen molar-refractivity contribution in [2.45, 2.75) is 39.2 Å². The number of benzene rings is 1. The molecule has 0 aliphatic carbocycles. The Labute approximate surface area is 108 Å². The molecule has 0 saturated carbocycles. The summed E-state index contributed by atoms with van der Waals surface area (Å²) in [6.45, 7) is 4.65. The molecule has 1 aliphatic rings. The molecule has 0 radical (unpaired) electrons. The molecule has 4 heteroatoms. The number of amides is 1. The third-order valence-electron chi connectivity index (χ3n) is 3.02. The minimum Gasteiger partial charge on any atom is -0.492 e. The Kier molecular flexibility index (Phi) is 4.07. The number of ether oxygens (including phenoxy) is 1. The van der Waals surface area contributed by atoms with Crippen LogP contribution in [0.2, 0.25) is 0 Å². The Balaban J connectivity index is 2.30. The van der Waals surface area contributed by atoms with Crippen LogP contribution in [0, 0.1) is 0 Å². The molecule has 1 unspecified atom stereocenters. The van der Waals surface area contributed by atoms with Gasteiger partial charge in [0.1, 0.15) is 11.4 Å². The second-order valence-corrected chi connectivity index (χ2v) is 4.49. The van der Waals surface area contributed by atoms with Crippen LogP contribution >= 0.6 is 0 Å². The average molecular weight is 248 g/mol. The van der Waals surface area contributed by atoms with Crippen molar-refractivity contribution in [1.29, 1.82) is 0 Å². The van der Waals surface area contributed by atoms with Gasteiger partial charge in [0, 0.05) is 12.5 Å². The molecular weight excluding hydrogens is 228 g/mol. The van der Waals surface area contributed by atoms with Crippen LogP contribution in [-0.4, -0.2) is 18.6 Å². The number of fused-ring (bicyclic) bond motifs is 1. The first-order chi connectivity index (χ1) is 8.74. The summed E-state index contributed by atoms with van der Waals surface area (Å²) in [6, 6.07) is 6.00. The first-order valence-corrected chi connectivity index (χ1v) is 6.56. The summed E-state index contributed by atoms with van der Waals surface area (Å²) in [7, 11) is 0. The molecule has 0 bridgehead atoms. The van der Waals surface area contributed by atoms with Crippen LogP contribution in [0.4, 0.5) is 11.4 Å². The SMILES string of the molecule is CCCC1CC(=O)Nc2c(cccc2OCC)N1. The van der Waals surface area contributed by atoms with Crippen molar-refractivity contribution >= 4 is 17.3 Å². The summed E-state index contributed by atoms with van der Waals surface area (Å²) in [5.41, 5.74) is 1.72. The van der Waals surface area contributed by atoms with Crippen molar-refractivity contribution in [3.8, 4) is 5.75 Å². The van der Waals surface area contributed by atoms with E-state index in [1.54, 1.807) is 0 Å². The molecule has 98 valence electrons. The van der Waals surface area contributed by atoms with Gasteiger partial charge in [0.15, 0.2) is 0 Å². The number of nitrogens with one attached hydrogen (secondary N) is 2. The second-order valence-electron chi connectivity index (χ2n) is 4.49. The highest BCUT2D eigenvalue weighted by molar-refractivity contribution is 5.98. The van der Waals surface area contributed by atoms with Gasteiger partial charge >= 0.3 is 0 Å². The van der Waals surface area contributed by atoms with Gasteiger partial charge in [-0.3, -0.25) is 4.79 Å². The maximum atomic E-state index is 11.9. The predicted octanol–water partition coefficient (Wildman–Crippen LogP) is 3.01. The number of carbonyl (C=O) groups excluding carboxylic acids is 1. The van der Waals surface area contributed by atoms with E-state index in [0.29, 0.717) is 13.0 Å². The van der Waals surface area contributed by atoms with E-state index in [4.69, 9.17) is 4.74 Å². The fourth-order valence-electron chi connectivity index (χ4n) is 2.26. The van der Waals surface area contributed by atoms with Crippen LogP contribution in [0.3, 0.4) is 0 Å². The number of hydrogen-bond acceptors (Lipinski definition) is 3.